The van der Waals surface area contributed by atoms with E-state index in [1.165, 1.54) is 6.07 Å². The molecule has 2 aromatic carbocycles. The van der Waals surface area contributed by atoms with E-state index >= 15 is 0 Å². The van der Waals surface area contributed by atoms with Gasteiger partial charge in [0.05, 0.1) is 18.0 Å². The topological polar surface area (TPSA) is 47.3 Å². The first-order chi connectivity index (χ1) is 9.92. The number of nitrogen functional groups attached to an aromatic ring is 1. The normalized spacial score (nSPS) is 10.5. The molecule has 0 unspecified atom stereocenters. The zero-order valence-electron chi connectivity index (χ0n) is 11.0. The minimum absolute atomic E-state index is 0.0456. The van der Waals surface area contributed by atoms with Gasteiger partial charge in [0, 0.05) is 24.3 Å². The first kappa shape index (κ1) is 15.0. The molecular formula is C14H12F4N2O. The van der Waals surface area contributed by atoms with Gasteiger partial charge in [-0.3, -0.25) is 0 Å². The van der Waals surface area contributed by atoms with Crippen molar-refractivity contribution in [1.29, 1.82) is 0 Å². The van der Waals surface area contributed by atoms with Crippen LogP contribution in [0.25, 0.3) is 0 Å². The van der Waals surface area contributed by atoms with Gasteiger partial charge in [0.2, 0.25) is 0 Å². The van der Waals surface area contributed by atoms with Gasteiger partial charge in [-0.2, -0.15) is 0 Å². The molecule has 3 N–H and O–H groups in total. The Morgan fingerprint density at radius 1 is 1.00 bits per heavy atom. The number of nitrogens with one attached hydrogen (secondary N) is 1. The third kappa shape index (κ3) is 3.18. The van der Waals surface area contributed by atoms with Crippen LogP contribution in [-0.4, -0.2) is 6.61 Å². The Labute approximate surface area is 118 Å². The minimum Gasteiger partial charge on any atom is -0.491 e. The lowest BCUT2D eigenvalue weighted by Gasteiger charge is -2.13. The summed E-state index contributed by atoms with van der Waals surface area (Å²) < 4.78 is 58.5. The zero-order chi connectivity index (χ0) is 15.6. The standard InChI is InChI=1S/C14H12F4N2O/c1-2-21-13-6-12(11(19)5-8(13)16)20-14-9(17)3-7(15)4-10(14)18/h3-6,20H,2,19H2,1H3. The second-order valence-electron chi connectivity index (χ2n) is 4.17. The molecule has 0 aliphatic heterocycles. The van der Waals surface area contributed by atoms with Crippen molar-refractivity contribution in [2.45, 2.75) is 6.92 Å². The van der Waals surface area contributed by atoms with E-state index in [-0.39, 0.29) is 23.7 Å². The molecule has 21 heavy (non-hydrogen) atoms. The van der Waals surface area contributed by atoms with Crippen LogP contribution in [0.1, 0.15) is 6.92 Å². The molecule has 2 rings (SSSR count). The lowest BCUT2D eigenvalue weighted by molar-refractivity contribution is 0.322. The maximum absolute atomic E-state index is 13.6. The highest BCUT2D eigenvalue weighted by molar-refractivity contribution is 5.74. The number of benzene rings is 2. The highest BCUT2D eigenvalue weighted by atomic mass is 19.1. The molecule has 0 aliphatic carbocycles. The molecule has 0 aromatic heterocycles. The van der Waals surface area contributed by atoms with E-state index in [0.29, 0.717) is 12.1 Å². The predicted molar refractivity (Wildman–Crippen MR) is 71.6 cm³/mol. The average Bonchev–Trinajstić information content (AvgIpc) is 2.38. The van der Waals surface area contributed by atoms with Gasteiger partial charge in [-0.1, -0.05) is 0 Å². The molecule has 0 saturated heterocycles. The molecule has 2 aromatic rings. The number of anilines is 3. The number of hydrogen-bond acceptors (Lipinski definition) is 3. The van der Waals surface area contributed by atoms with Crippen molar-refractivity contribution in [2.75, 3.05) is 17.7 Å². The Morgan fingerprint density at radius 2 is 1.62 bits per heavy atom. The van der Waals surface area contributed by atoms with Gasteiger partial charge in [0.15, 0.2) is 23.2 Å². The third-order valence-electron chi connectivity index (χ3n) is 2.67. The second-order valence-corrected chi connectivity index (χ2v) is 4.17. The van der Waals surface area contributed by atoms with E-state index in [1.807, 2.05) is 0 Å². The van der Waals surface area contributed by atoms with Crippen molar-refractivity contribution in [3.8, 4) is 5.75 Å². The molecule has 0 saturated carbocycles. The fourth-order valence-corrected chi connectivity index (χ4v) is 1.74. The van der Waals surface area contributed by atoms with Gasteiger partial charge >= 0.3 is 0 Å². The summed E-state index contributed by atoms with van der Waals surface area (Å²) in [5, 5.41) is 2.37. The number of hydrogen-bond donors (Lipinski definition) is 2. The van der Waals surface area contributed by atoms with Gasteiger partial charge < -0.3 is 15.8 Å². The molecule has 3 nitrogen and oxygen atoms in total. The van der Waals surface area contributed by atoms with Crippen LogP contribution in [0.15, 0.2) is 24.3 Å². The summed E-state index contributed by atoms with van der Waals surface area (Å²) in [7, 11) is 0. The molecular weight excluding hydrogens is 288 g/mol. The summed E-state index contributed by atoms with van der Waals surface area (Å²) in [5.41, 5.74) is 4.98. The minimum atomic E-state index is -1.13. The quantitative estimate of drug-likeness (QED) is 0.663. The summed E-state index contributed by atoms with van der Waals surface area (Å²) in [6.07, 6.45) is 0. The highest BCUT2D eigenvalue weighted by Crippen LogP contribution is 2.32. The Morgan fingerprint density at radius 3 is 2.19 bits per heavy atom. The molecule has 0 spiro atoms. The lowest BCUT2D eigenvalue weighted by atomic mass is 10.2. The average molecular weight is 300 g/mol. The van der Waals surface area contributed by atoms with Crippen molar-refractivity contribution in [3.05, 3.63) is 47.5 Å². The molecule has 0 aliphatic rings. The number of ether oxygens (including phenoxy) is 1. The van der Waals surface area contributed by atoms with Crippen LogP contribution >= 0.6 is 0 Å². The lowest BCUT2D eigenvalue weighted by Crippen LogP contribution is -2.04. The maximum Gasteiger partial charge on any atom is 0.167 e. The highest BCUT2D eigenvalue weighted by Gasteiger charge is 2.15. The fourth-order valence-electron chi connectivity index (χ4n) is 1.74. The Balaban J connectivity index is 2.42. The van der Waals surface area contributed by atoms with Crippen molar-refractivity contribution in [2.24, 2.45) is 0 Å². The SMILES string of the molecule is CCOc1cc(Nc2c(F)cc(F)cc2F)c(N)cc1F. The predicted octanol–water partition coefficient (Wildman–Crippen LogP) is 3.97. The molecule has 7 heteroatoms. The van der Waals surface area contributed by atoms with E-state index in [2.05, 4.69) is 5.32 Å². The monoisotopic (exact) mass is 300 g/mol. The van der Waals surface area contributed by atoms with E-state index in [0.717, 1.165) is 6.07 Å². The Kier molecular flexibility index (Phi) is 4.21. The summed E-state index contributed by atoms with van der Waals surface area (Å²) in [6, 6.07) is 3.19. The zero-order valence-corrected chi connectivity index (χ0v) is 11.0. The molecule has 112 valence electrons. The number of nitrogens with two attached hydrogens (primary N) is 1. The number of halogens is 4. The molecule has 0 atom stereocenters. The van der Waals surface area contributed by atoms with Gasteiger partial charge in [0.25, 0.3) is 0 Å². The third-order valence-corrected chi connectivity index (χ3v) is 2.67. The van der Waals surface area contributed by atoms with Crippen molar-refractivity contribution in [3.63, 3.8) is 0 Å². The first-order valence-electron chi connectivity index (χ1n) is 6.05. The summed E-state index contributed by atoms with van der Waals surface area (Å²) >= 11 is 0. The van der Waals surface area contributed by atoms with Gasteiger partial charge in [0.1, 0.15) is 11.5 Å². The van der Waals surface area contributed by atoms with Crippen LogP contribution < -0.4 is 15.8 Å². The molecule has 0 radical (unpaired) electrons. The van der Waals surface area contributed by atoms with Crippen LogP contribution in [-0.2, 0) is 0 Å². The summed E-state index contributed by atoms with van der Waals surface area (Å²) in [5.74, 6) is -4.11. The Hall–Kier alpha value is -2.44. The smallest absolute Gasteiger partial charge is 0.167 e. The van der Waals surface area contributed by atoms with Crippen molar-refractivity contribution < 1.29 is 22.3 Å². The van der Waals surface area contributed by atoms with Crippen LogP contribution in [0.5, 0.6) is 5.75 Å². The van der Waals surface area contributed by atoms with Crippen LogP contribution in [0.3, 0.4) is 0 Å². The largest absolute Gasteiger partial charge is 0.491 e. The van der Waals surface area contributed by atoms with E-state index in [9.17, 15) is 17.6 Å². The maximum atomic E-state index is 13.6. The molecule has 0 amide bonds. The number of rotatable bonds is 4. The van der Waals surface area contributed by atoms with Crippen LogP contribution in [0.2, 0.25) is 0 Å². The second kappa shape index (κ2) is 5.90. The van der Waals surface area contributed by atoms with Crippen LogP contribution in [0, 0.1) is 23.3 Å². The first-order valence-corrected chi connectivity index (χ1v) is 6.05. The Bertz CT molecular complexity index is 653. The van der Waals surface area contributed by atoms with E-state index < -0.39 is 29.0 Å². The fraction of sp³-hybridized carbons (Fsp3) is 0.143. The molecule has 0 fully saturated rings. The molecule has 0 heterocycles. The summed E-state index contributed by atoms with van der Waals surface area (Å²) in [4.78, 5) is 0. The summed E-state index contributed by atoms with van der Waals surface area (Å²) in [6.45, 7) is 1.86. The van der Waals surface area contributed by atoms with Crippen LogP contribution in [0.4, 0.5) is 34.6 Å². The van der Waals surface area contributed by atoms with E-state index in [1.54, 1.807) is 6.92 Å². The van der Waals surface area contributed by atoms with E-state index in [4.69, 9.17) is 10.5 Å². The molecule has 0 bridgehead atoms. The van der Waals surface area contributed by atoms with Gasteiger partial charge in [-0.15, -0.1) is 0 Å². The van der Waals surface area contributed by atoms with Crippen molar-refractivity contribution >= 4 is 17.1 Å². The van der Waals surface area contributed by atoms with Gasteiger partial charge in [-0.25, -0.2) is 17.6 Å². The van der Waals surface area contributed by atoms with Crippen molar-refractivity contribution in [1.82, 2.24) is 0 Å². The van der Waals surface area contributed by atoms with Gasteiger partial charge in [-0.05, 0) is 6.92 Å².